The minimum Gasteiger partial charge on any atom is -0.491 e. The van der Waals surface area contributed by atoms with Crippen molar-refractivity contribution in [3.63, 3.8) is 0 Å². The Morgan fingerprint density at radius 2 is 2.16 bits per heavy atom. The molecular formula is C19H26ClN3O2. The van der Waals surface area contributed by atoms with Gasteiger partial charge in [0.05, 0.1) is 6.61 Å². The first-order valence-corrected chi connectivity index (χ1v) is 8.42. The van der Waals surface area contributed by atoms with Gasteiger partial charge in [-0.1, -0.05) is 18.2 Å². The van der Waals surface area contributed by atoms with Crippen LogP contribution in [0.25, 0.3) is 0 Å². The molecule has 0 saturated carbocycles. The van der Waals surface area contributed by atoms with Gasteiger partial charge >= 0.3 is 0 Å². The SMILES string of the molecule is COCCOc1cccc(CN2CCNCC2c2cccnc2)c1.Cl. The van der Waals surface area contributed by atoms with E-state index in [0.717, 1.165) is 31.9 Å². The average Bonchev–Trinajstić information content (AvgIpc) is 2.64. The Hall–Kier alpha value is -1.66. The fourth-order valence-electron chi connectivity index (χ4n) is 3.05. The Bertz CT molecular complexity index is 627. The number of aromatic nitrogens is 1. The zero-order valence-corrected chi connectivity index (χ0v) is 15.4. The van der Waals surface area contributed by atoms with Gasteiger partial charge in [-0.2, -0.15) is 0 Å². The normalized spacial score (nSPS) is 17.7. The largest absolute Gasteiger partial charge is 0.491 e. The first-order valence-electron chi connectivity index (χ1n) is 8.42. The zero-order chi connectivity index (χ0) is 16.6. The van der Waals surface area contributed by atoms with Crippen molar-refractivity contribution in [2.24, 2.45) is 0 Å². The van der Waals surface area contributed by atoms with Crippen molar-refractivity contribution in [3.05, 3.63) is 59.9 Å². The molecule has 3 rings (SSSR count). The number of halogens is 1. The zero-order valence-electron chi connectivity index (χ0n) is 14.6. The molecule has 1 fully saturated rings. The second-order valence-electron chi connectivity index (χ2n) is 5.97. The maximum atomic E-state index is 5.72. The van der Waals surface area contributed by atoms with E-state index in [0.29, 0.717) is 19.3 Å². The first kappa shape index (κ1) is 19.7. The summed E-state index contributed by atoms with van der Waals surface area (Å²) in [6.07, 6.45) is 3.79. The van der Waals surface area contributed by atoms with E-state index in [9.17, 15) is 0 Å². The van der Waals surface area contributed by atoms with Crippen LogP contribution in [0.1, 0.15) is 17.2 Å². The molecule has 0 radical (unpaired) electrons. The molecule has 6 heteroatoms. The number of rotatable bonds is 7. The van der Waals surface area contributed by atoms with E-state index in [4.69, 9.17) is 9.47 Å². The molecule has 5 nitrogen and oxygen atoms in total. The molecule has 136 valence electrons. The predicted molar refractivity (Wildman–Crippen MR) is 101 cm³/mol. The lowest BCUT2D eigenvalue weighted by Gasteiger charge is -2.36. The number of piperazine rings is 1. The van der Waals surface area contributed by atoms with Crippen molar-refractivity contribution in [1.82, 2.24) is 15.2 Å². The number of pyridine rings is 1. The molecule has 2 aromatic rings. The van der Waals surface area contributed by atoms with Gasteiger partial charge in [-0.15, -0.1) is 12.4 Å². The van der Waals surface area contributed by atoms with Crippen molar-refractivity contribution in [2.75, 3.05) is 40.0 Å². The van der Waals surface area contributed by atoms with Crippen molar-refractivity contribution in [2.45, 2.75) is 12.6 Å². The number of hydrogen-bond donors (Lipinski definition) is 1. The molecule has 1 aromatic carbocycles. The lowest BCUT2D eigenvalue weighted by atomic mass is 10.0. The Kier molecular flexibility index (Phi) is 8.15. The van der Waals surface area contributed by atoms with Gasteiger partial charge in [0.15, 0.2) is 0 Å². The van der Waals surface area contributed by atoms with Crippen LogP contribution >= 0.6 is 12.4 Å². The summed E-state index contributed by atoms with van der Waals surface area (Å²) in [5, 5.41) is 3.49. The van der Waals surface area contributed by atoms with Crippen molar-refractivity contribution in [3.8, 4) is 5.75 Å². The summed E-state index contributed by atoms with van der Waals surface area (Å²) in [5.41, 5.74) is 2.53. The van der Waals surface area contributed by atoms with Crippen molar-refractivity contribution in [1.29, 1.82) is 0 Å². The average molecular weight is 364 g/mol. The molecule has 1 aliphatic heterocycles. The molecule has 0 bridgehead atoms. The summed E-state index contributed by atoms with van der Waals surface area (Å²) in [6.45, 7) is 5.07. The lowest BCUT2D eigenvalue weighted by molar-refractivity contribution is 0.145. The summed E-state index contributed by atoms with van der Waals surface area (Å²) in [4.78, 5) is 6.77. The van der Waals surface area contributed by atoms with E-state index in [1.54, 1.807) is 7.11 Å². The minimum absolute atomic E-state index is 0. The van der Waals surface area contributed by atoms with Gasteiger partial charge < -0.3 is 14.8 Å². The summed E-state index contributed by atoms with van der Waals surface area (Å²) in [5.74, 6) is 0.901. The van der Waals surface area contributed by atoms with Gasteiger partial charge in [0.2, 0.25) is 0 Å². The maximum Gasteiger partial charge on any atom is 0.119 e. The number of methoxy groups -OCH3 is 1. The number of hydrogen-bond acceptors (Lipinski definition) is 5. The highest BCUT2D eigenvalue weighted by Gasteiger charge is 2.23. The van der Waals surface area contributed by atoms with Crippen LogP contribution in [-0.2, 0) is 11.3 Å². The Morgan fingerprint density at radius 1 is 1.24 bits per heavy atom. The monoisotopic (exact) mass is 363 g/mol. The van der Waals surface area contributed by atoms with E-state index in [2.05, 4.69) is 39.5 Å². The molecule has 0 spiro atoms. The van der Waals surface area contributed by atoms with Gasteiger partial charge in [-0.3, -0.25) is 9.88 Å². The molecular weight excluding hydrogens is 338 g/mol. The van der Waals surface area contributed by atoms with Crippen LogP contribution in [0.4, 0.5) is 0 Å². The van der Waals surface area contributed by atoms with Gasteiger partial charge in [-0.25, -0.2) is 0 Å². The fraction of sp³-hybridized carbons (Fsp3) is 0.421. The molecule has 1 unspecified atom stereocenters. The quantitative estimate of drug-likeness (QED) is 0.766. The van der Waals surface area contributed by atoms with Crippen LogP contribution < -0.4 is 10.1 Å². The van der Waals surface area contributed by atoms with Crippen LogP contribution in [0.2, 0.25) is 0 Å². The van der Waals surface area contributed by atoms with E-state index in [-0.39, 0.29) is 12.4 Å². The Balaban J connectivity index is 0.00000225. The predicted octanol–water partition coefficient (Wildman–Crippen LogP) is 2.68. The van der Waals surface area contributed by atoms with Crippen LogP contribution in [0.5, 0.6) is 5.75 Å². The number of ether oxygens (including phenoxy) is 2. The summed E-state index contributed by atoms with van der Waals surface area (Å²) in [7, 11) is 1.68. The van der Waals surface area contributed by atoms with E-state index >= 15 is 0 Å². The molecule has 0 aliphatic carbocycles. The van der Waals surface area contributed by atoms with Gasteiger partial charge in [0, 0.05) is 51.7 Å². The molecule has 1 saturated heterocycles. The summed E-state index contributed by atoms with van der Waals surface area (Å²) < 4.78 is 10.8. The molecule has 2 heterocycles. The van der Waals surface area contributed by atoms with Crippen molar-refractivity contribution < 1.29 is 9.47 Å². The van der Waals surface area contributed by atoms with Crippen LogP contribution in [-0.4, -0.2) is 49.8 Å². The third kappa shape index (κ3) is 5.68. The highest BCUT2D eigenvalue weighted by molar-refractivity contribution is 5.85. The van der Waals surface area contributed by atoms with Crippen LogP contribution in [0, 0.1) is 0 Å². The first-order chi connectivity index (χ1) is 11.9. The van der Waals surface area contributed by atoms with Crippen molar-refractivity contribution >= 4 is 12.4 Å². The highest BCUT2D eigenvalue weighted by Crippen LogP contribution is 2.24. The van der Waals surface area contributed by atoms with Gasteiger partial charge in [0.1, 0.15) is 12.4 Å². The number of nitrogens with one attached hydrogen (secondary N) is 1. The fourth-order valence-corrected chi connectivity index (χ4v) is 3.05. The smallest absolute Gasteiger partial charge is 0.119 e. The molecule has 25 heavy (non-hydrogen) atoms. The molecule has 1 aliphatic rings. The molecule has 1 atom stereocenters. The van der Waals surface area contributed by atoms with E-state index < -0.39 is 0 Å². The topological polar surface area (TPSA) is 46.6 Å². The summed E-state index contributed by atoms with van der Waals surface area (Å²) >= 11 is 0. The molecule has 1 N–H and O–H groups in total. The van der Waals surface area contributed by atoms with Gasteiger partial charge in [-0.05, 0) is 29.3 Å². The standard InChI is InChI=1S/C19H25N3O2.ClH/c1-23-10-11-24-18-6-2-4-16(12-18)15-22-9-8-21-14-19(22)17-5-3-7-20-13-17;/h2-7,12-13,19,21H,8-11,14-15H2,1H3;1H. The summed E-state index contributed by atoms with van der Waals surface area (Å²) in [6, 6.07) is 12.8. The Morgan fingerprint density at radius 3 is 2.96 bits per heavy atom. The third-order valence-electron chi connectivity index (χ3n) is 4.26. The van der Waals surface area contributed by atoms with Crippen LogP contribution in [0.3, 0.4) is 0 Å². The minimum atomic E-state index is 0. The molecule has 0 amide bonds. The van der Waals surface area contributed by atoms with Crippen LogP contribution in [0.15, 0.2) is 48.8 Å². The highest BCUT2D eigenvalue weighted by atomic mass is 35.5. The second kappa shape index (κ2) is 10.4. The third-order valence-corrected chi connectivity index (χ3v) is 4.26. The van der Waals surface area contributed by atoms with E-state index in [1.165, 1.54) is 11.1 Å². The van der Waals surface area contributed by atoms with E-state index in [1.807, 2.05) is 24.5 Å². The Labute approximate surface area is 155 Å². The van der Waals surface area contributed by atoms with Gasteiger partial charge in [0.25, 0.3) is 0 Å². The number of benzene rings is 1. The second-order valence-corrected chi connectivity index (χ2v) is 5.97. The maximum absolute atomic E-state index is 5.72. The number of nitrogens with zero attached hydrogens (tertiary/aromatic N) is 2. The molecule has 1 aromatic heterocycles. The lowest BCUT2D eigenvalue weighted by Crippen LogP contribution is -2.45.